The molecular formula is C12H12N4. The van der Waals surface area contributed by atoms with Crippen LogP contribution < -0.4 is 11.5 Å². The Labute approximate surface area is 93.6 Å². The molecule has 0 fully saturated rings. The zero-order valence-corrected chi connectivity index (χ0v) is 8.67. The summed E-state index contributed by atoms with van der Waals surface area (Å²) < 4.78 is 0. The lowest BCUT2D eigenvalue weighted by Gasteiger charge is -1.96. The van der Waals surface area contributed by atoms with Gasteiger partial charge in [-0.25, -0.2) is 9.97 Å². The molecule has 0 saturated heterocycles. The quantitative estimate of drug-likeness (QED) is 0.744. The molecular weight excluding hydrogens is 200 g/mol. The first-order valence-electron chi connectivity index (χ1n) is 4.86. The first-order chi connectivity index (χ1) is 7.74. The van der Waals surface area contributed by atoms with E-state index >= 15 is 0 Å². The summed E-state index contributed by atoms with van der Waals surface area (Å²) in [6.45, 7) is 0. The van der Waals surface area contributed by atoms with Crippen molar-refractivity contribution in [2.24, 2.45) is 0 Å². The topological polar surface area (TPSA) is 77.8 Å². The molecule has 0 aliphatic rings. The van der Waals surface area contributed by atoms with Crippen molar-refractivity contribution in [1.29, 1.82) is 0 Å². The maximum absolute atomic E-state index is 5.59. The standard InChI is InChI=1S/C12H12N4/c13-10-4-1-9(2-5-10)3-6-11-7-8-15-12(14)16-11/h1-8H,13H2,(H2,14,15,16)/b6-3+. The highest BCUT2D eigenvalue weighted by Gasteiger charge is 1.91. The van der Waals surface area contributed by atoms with E-state index in [1.54, 1.807) is 12.3 Å². The Morgan fingerprint density at radius 2 is 1.69 bits per heavy atom. The normalized spacial score (nSPS) is 10.8. The van der Waals surface area contributed by atoms with Crippen LogP contribution in [-0.2, 0) is 0 Å². The van der Waals surface area contributed by atoms with E-state index in [9.17, 15) is 0 Å². The molecule has 16 heavy (non-hydrogen) atoms. The van der Waals surface area contributed by atoms with Crippen molar-refractivity contribution in [3.63, 3.8) is 0 Å². The molecule has 1 heterocycles. The van der Waals surface area contributed by atoms with Crippen LogP contribution in [0.1, 0.15) is 11.3 Å². The van der Waals surface area contributed by atoms with E-state index in [2.05, 4.69) is 9.97 Å². The fourth-order valence-corrected chi connectivity index (χ4v) is 1.27. The third-order valence-corrected chi connectivity index (χ3v) is 2.08. The molecule has 2 aromatic rings. The first-order valence-corrected chi connectivity index (χ1v) is 4.86. The molecule has 0 spiro atoms. The number of hydrogen-bond acceptors (Lipinski definition) is 4. The minimum absolute atomic E-state index is 0.277. The lowest BCUT2D eigenvalue weighted by atomic mass is 10.2. The molecule has 4 heteroatoms. The summed E-state index contributed by atoms with van der Waals surface area (Å²) in [5, 5.41) is 0. The molecule has 1 aromatic heterocycles. The Bertz CT molecular complexity index is 503. The number of nitrogens with two attached hydrogens (primary N) is 2. The summed E-state index contributed by atoms with van der Waals surface area (Å²) in [6, 6.07) is 9.39. The second kappa shape index (κ2) is 4.44. The fourth-order valence-electron chi connectivity index (χ4n) is 1.27. The van der Waals surface area contributed by atoms with Crippen LogP contribution in [0.5, 0.6) is 0 Å². The van der Waals surface area contributed by atoms with Gasteiger partial charge in [-0.1, -0.05) is 18.2 Å². The first kappa shape index (κ1) is 10.2. The van der Waals surface area contributed by atoms with Crippen LogP contribution in [0.15, 0.2) is 36.5 Å². The number of anilines is 2. The Morgan fingerprint density at radius 3 is 2.38 bits per heavy atom. The summed E-state index contributed by atoms with van der Waals surface area (Å²) in [4.78, 5) is 7.88. The molecule has 0 amide bonds. The van der Waals surface area contributed by atoms with Crippen LogP contribution in [0, 0.1) is 0 Å². The van der Waals surface area contributed by atoms with Crippen molar-refractivity contribution in [3.05, 3.63) is 47.8 Å². The highest BCUT2D eigenvalue weighted by Crippen LogP contribution is 2.09. The van der Waals surface area contributed by atoms with Gasteiger partial charge >= 0.3 is 0 Å². The van der Waals surface area contributed by atoms with Gasteiger partial charge in [0.2, 0.25) is 5.95 Å². The van der Waals surface area contributed by atoms with E-state index in [0.717, 1.165) is 16.9 Å². The summed E-state index contributed by atoms with van der Waals surface area (Å²) in [5.74, 6) is 0.277. The van der Waals surface area contributed by atoms with Gasteiger partial charge in [-0.3, -0.25) is 0 Å². The number of benzene rings is 1. The molecule has 2 rings (SSSR count). The molecule has 4 N–H and O–H groups in total. The van der Waals surface area contributed by atoms with Crippen molar-refractivity contribution in [1.82, 2.24) is 9.97 Å². The molecule has 0 aliphatic heterocycles. The van der Waals surface area contributed by atoms with E-state index in [0.29, 0.717) is 0 Å². The largest absolute Gasteiger partial charge is 0.399 e. The molecule has 0 unspecified atom stereocenters. The Balaban J connectivity index is 2.18. The zero-order valence-electron chi connectivity index (χ0n) is 8.67. The minimum atomic E-state index is 0.277. The Kier molecular flexibility index (Phi) is 2.82. The number of hydrogen-bond donors (Lipinski definition) is 2. The highest BCUT2D eigenvalue weighted by molar-refractivity contribution is 5.68. The maximum Gasteiger partial charge on any atom is 0.220 e. The van der Waals surface area contributed by atoms with Crippen molar-refractivity contribution in [3.8, 4) is 0 Å². The summed E-state index contributed by atoms with van der Waals surface area (Å²) >= 11 is 0. The average molecular weight is 212 g/mol. The van der Waals surface area contributed by atoms with Gasteiger partial charge in [0.05, 0.1) is 5.69 Å². The van der Waals surface area contributed by atoms with Gasteiger partial charge in [0.1, 0.15) is 0 Å². The van der Waals surface area contributed by atoms with Gasteiger partial charge in [-0.15, -0.1) is 0 Å². The average Bonchev–Trinajstić information content (AvgIpc) is 2.28. The van der Waals surface area contributed by atoms with E-state index in [4.69, 9.17) is 11.5 Å². The monoisotopic (exact) mass is 212 g/mol. The van der Waals surface area contributed by atoms with Crippen molar-refractivity contribution in [2.75, 3.05) is 11.5 Å². The number of rotatable bonds is 2. The van der Waals surface area contributed by atoms with Gasteiger partial charge < -0.3 is 11.5 Å². The molecule has 80 valence electrons. The van der Waals surface area contributed by atoms with Crippen LogP contribution in [0.4, 0.5) is 11.6 Å². The van der Waals surface area contributed by atoms with Gasteiger partial charge in [-0.2, -0.15) is 0 Å². The summed E-state index contributed by atoms with van der Waals surface area (Å²) in [7, 11) is 0. The minimum Gasteiger partial charge on any atom is -0.399 e. The van der Waals surface area contributed by atoms with Crippen LogP contribution >= 0.6 is 0 Å². The number of nitrogen functional groups attached to an aromatic ring is 2. The van der Waals surface area contributed by atoms with E-state index in [-0.39, 0.29) is 5.95 Å². The smallest absolute Gasteiger partial charge is 0.220 e. The van der Waals surface area contributed by atoms with E-state index in [1.165, 1.54) is 0 Å². The number of aromatic nitrogens is 2. The second-order valence-electron chi connectivity index (χ2n) is 3.34. The molecule has 0 saturated carbocycles. The molecule has 1 aromatic carbocycles. The van der Waals surface area contributed by atoms with Crippen molar-refractivity contribution in [2.45, 2.75) is 0 Å². The third-order valence-electron chi connectivity index (χ3n) is 2.08. The molecule has 0 radical (unpaired) electrons. The second-order valence-corrected chi connectivity index (χ2v) is 3.34. The van der Waals surface area contributed by atoms with E-state index < -0.39 is 0 Å². The molecule has 0 bridgehead atoms. The molecule has 4 nitrogen and oxygen atoms in total. The van der Waals surface area contributed by atoms with Gasteiger partial charge in [0.25, 0.3) is 0 Å². The highest BCUT2D eigenvalue weighted by atomic mass is 15.0. The van der Waals surface area contributed by atoms with Crippen LogP contribution in [0.3, 0.4) is 0 Å². The zero-order chi connectivity index (χ0) is 11.4. The van der Waals surface area contributed by atoms with Crippen molar-refractivity contribution >= 4 is 23.8 Å². The lowest BCUT2D eigenvalue weighted by Crippen LogP contribution is -1.94. The van der Waals surface area contributed by atoms with Gasteiger partial charge in [0.15, 0.2) is 0 Å². The molecule has 0 atom stereocenters. The van der Waals surface area contributed by atoms with Crippen molar-refractivity contribution < 1.29 is 0 Å². The van der Waals surface area contributed by atoms with Crippen LogP contribution in [-0.4, -0.2) is 9.97 Å². The van der Waals surface area contributed by atoms with Gasteiger partial charge in [0, 0.05) is 11.9 Å². The fraction of sp³-hybridized carbons (Fsp3) is 0. The summed E-state index contributed by atoms with van der Waals surface area (Å²) in [5.41, 5.74) is 13.7. The van der Waals surface area contributed by atoms with Crippen LogP contribution in [0.2, 0.25) is 0 Å². The SMILES string of the molecule is Nc1ccc(/C=C/c2ccnc(N)n2)cc1. The third kappa shape index (κ3) is 2.57. The Morgan fingerprint density at radius 1 is 0.938 bits per heavy atom. The predicted octanol–water partition coefficient (Wildman–Crippen LogP) is 1.81. The summed E-state index contributed by atoms with van der Waals surface area (Å²) in [6.07, 6.45) is 5.45. The van der Waals surface area contributed by atoms with Crippen LogP contribution in [0.25, 0.3) is 12.2 Å². The lowest BCUT2D eigenvalue weighted by molar-refractivity contribution is 1.17. The molecule has 0 aliphatic carbocycles. The van der Waals surface area contributed by atoms with Gasteiger partial charge in [-0.05, 0) is 29.8 Å². The predicted molar refractivity (Wildman–Crippen MR) is 66.2 cm³/mol. The maximum atomic E-state index is 5.59. The number of nitrogens with zero attached hydrogens (tertiary/aromatic N) is 2. The van der Waals surface area contributed by atoms with E-state index in [1.807, 2.05) is 36.4 Å². The Hall–Kier alpha value is -2.36.